The van der Waals surface area contributed by atoms with Gasteiger partial charge in [0.15, 0.2) is 6.61 Å². The minimum absolute atomic E-state index is 0. The number of esters is 6. The molecule has 7 unspecified atom stereocenters. The lowest BCUT2D eigenvalue weighted by Crippen LogP contribution is -2.67. The Bertz CT molecular complexity index is 2190. The van der Waals surface area contributed by atoms with Gasteiger partial charge in [0.05, 0.1) is 38.8 Å². The van der Waals surface area contributed by atoms with E-state index in [9.17, 15) is 39.0 Å². The average molecular weight is 1250 g/mol. The predicted molar refractivity (Wildman–Crippen MR) is 358 cm³/mol. The molecule has 0 amide bonds. The summed E-state index contributed by atoms with van der Waals surface area (Å²) in [6.45, 7) is 29.6. The lowest BCUT2D eigenvalue weighted by molar-refractivity contribution is -0.264. The van der Waals surface area contributed by atoms with Crippen LogP contribution in [0.5, 0.6) is 0 Å². The fraction of sp³-hybridized carbons (Fsp3) is 0.919. The normalized spacial score (nSPS) is 33.4. The number of ether oxygens (including phenoxy) is 6. The Morgan fingerprint density at radius 2 is 0.966 bits per heavy atom. The van der Waals surface area contributed by atoms with Crippen LogP contribution in [0.2, 0.25) is 0 Å². The van der Waals surface area contributed by atoms with Gasteiger partial charge in [-0.25, -0.2) is 4.79 Å². The summed E-state index contributed by atoms with van der Waals surface area (Å²) in [7, 11) is 0. The smallest absolute Gasteiger partial charge is 0.344 e. The fourth-order valence-electron chi connectivity index (χ4n) is 16.5. The van der Waals surface area contributed by atoms with Crippen molar-refractivity contribution in [2.75, 3.05) is 6.61 Å². The largest absolute Gasteiger partial charge is 0.459 e. The van der Waals surface area contributed by atoms with Gasteiger partial charge in [-0.05, 0) is 232 Å². The van der Waals surface area contributed by atoms with Crippen molar-refractivity contribution in [2.24, 2.45) is 74.9 Å². The molecule has 11 aliphatic carbocycles. The Labute approximate surface area is 540 Å². The molecule has 2 aliphatic heterocycles. The van der Waals surface area contributed by atoms with Gasteiger partial charge >= 0.3 is 35.8 Å². The molecule has 11 saturated carbocycles. The summed E-state index contributed by atoms with van der Waals surface area (Å²) >= 11 is 0. The Morgan fingerprint density at radius 3 is 1.40 bits per heavy atom. The molecule has 13 aliphatic rings. The zero-order valence-corrected chi connectivity index (χ0v) is 52.3. The van der Waals surface area contributed by atoms with Gasteiger partial charge in [0.2, 0.25) is 0 Å². The van der Waals surface area contributed by atoms with Gasteiger partial charge in [-0.1, -0.05) is 108 Å². The highest BCUT2D eigenvalue weighted by Gasteiger charge is 2.65. The second kappa shape index (κ2) is 32.5. The van der Waals surface area contributed by atoms with Crippen molar-refractivity contribution < 1.29 is 67.4 Å². The molecular formula is C74H140O14. The van der Waals surface area contributed by atoms with Crippen molar-refractivity contribution in [3.8, 4) is 0 Å². The van der Waals surface area contributed by atoms with E-state index in [-0.39, 0.29) is 136 Å². The summed E-state index contributed by atoms with van der Waals surface area (Å²) in [5, 5.41) is 21.3. The van der Waals surface area contributed by atoms with Gasteiger partial charge in [0.1, 0.15) is 29.0 Å². The Hall–Kier alpha value is -3.26. The highest BCUT2D eigenvalue weighted by molar-refractivity contribution is 5.80. The van der Waals surface area contributed by atoms with E-state index in [4.69, 9.17) is 28.4 Å². The zero-order chi connectivity index (χ0) is 59.2. The van der Waals surface area contributed by atoms with Gasteiger partial charge in [-0.2, -0.15) is 0 Å². The molecule has 2 N–H and O–H groups in total. The number of aliphatic hydroxyl groups is 2. The van der Waals surface area contributed by atoms with E-state index < -0.39 is 45.7 Å². The van der Waals surface area contributed by atoms with Crippen LogP contribution in [0.25, 0.3) is 0 Å². The minimum Gasteiger partial charge on any atom is -0.459 e. The summed E-state index contributed by atoms with van der Waals surface area (Å²) in [5.74, 6) is 3.07. The Kier molecular flexibility index (Phi) is 32.1. The maximum atomic E-state index is 12.8. The zero-order valence-electron chi connectivity index (χ0n) is 52.3. The molecule has 14 nitrogen and oxygen atoms in total. The van der Waals surface area contributed by atoms with Crippen molar-refractivity contribution in [1.82, 2.24) is 0 Å². The van der Waals surface area contributed by atoms with Crippen LogP contribution in [0.3, 0.4) is 0 Å². The quantitative estimate of drug-likeness (QED) is 0.109. The number of hydrogen-bond donors (Lipinski definition) is 2. The number of carbonyl (C=O) groups is 6. The van der Waals surface area contributed by atoms with Gasteiger partial charge in [-0.3, -0.25) is 24.0 Å². The van der Waals surface area contributed by atoms with Crippen molar-refractivity contribution in [3.05, 3.63) is 0 Å². The third kappa shape index (κ3) is 18.7. The molecule has 0 aromatic rings. The molecule has 13 rings (SSSR count). The Morgan fingerprint density at radius 1 is 0.534 bits per heavy atom. The van der Waals surface area contributed by atoms with Gasteiger partial charge in [0.25, 0.3) is 0 Å². The highest BCUT2D eigenvalue weighted by atomic mass is 16.6. The maximum Gasteiger partial charge on any atom is 0.344 e. The van der Waals surface area contributed by atoms with Crippen LogP contribution in [0.1, 0.15) is 317 Å². The first kappa shape index (κ1) is 86.8. The monoisotopic (exact) mass is 1250 g/mol. The van der Waals surface area contributed by atoms with E-state index in [2.05, 4.69) is 27.7 Å². The summed E-state index contributed by atoms with van der Waals surface area (Å²) in [4.78, 5) is 73.2. The first-order chi connectivity index (χ1) is 37.1. The first-order valence-electron chi connectivity index (χ1n) is 31.9. The summed E-state index contributed by atoms with van der Waals surface area (Å²) < 4.78 is 34.2. The average Bonchev–Trinajstić information content (AvgIpc) is 3.90. The SMILES string of the molecule is C.C.C.C.C.C.C.C.CCC(C)(C)C(=O)OC1(C(C)C)C2CC3CC(C2)CC1C3.CCC(C)(C)C(=O)OC12CC3CC(O)(CC(O)(C3)C1)C2.CCC(C)(C)C(=O)OCC(=O)OC1C2CC3CC(C2)C(=O)OC1C3.CCC1(OC(=O)C(C)(C)CC)CCCC1. The van der Waals surface area contributed by atoms with Crippen LogP contribution in [0.4, 0.5) is 0 Å². The van der Waals surface area contributed by atoms with Crippen LogP contribution < -0.4 is 0 Å². The molecule has 0 aromatic carbocycles. The summed E-state index contributed by atoms with van der Waals surface area (Å²) in [6.07, 6.45) is 21.4. The first-order valence-corrected chi connectivity index (χ1v) is 31.9. The van der Waals surface area contributed by atoms with Gasteiger partial charge in [0, 0.05) is 25.2 Å². The van der Waals surface area contributed by atoms with E-state index >= 15 is 0 Å². The maximum absolute atomic E-state index is 12.8. The molecule has 2 saturated heterocycles. The van der Waals surface area contributed by atoms with Crippen LogP contribution in [-0.4, -0.2) is 92.8 Å². The molecule has 12 bridgehead atoms. The lowest BCUT2D eigenvalue weighted by Gasteiger charge is -2.62. The molecule has 88 heavy (non-hydrogen) atoms. The topological polar surface area (TPSA) is 198 Å². The lowest BCUT2D eigenvalue weighted by atomic mass is 9.47. The standard InChI is InChI=1S/C19H32O2.C18H26O6.C16H26O4.C13H24O2.8CH4/c1-6-18(4,5)17(20)21-19(12(2)3)15-8-13-7-14(10-15)11-16(19)9-13;1-4-18(2,3)17(21)22-9-14(19)24-15-11-5-10-6-12(8-11)16(20)23-13(15)7-10;1-4-13(2,3)12(17)20-16-7-11-5-14(18,9-16)8-15(19,6-11)10-16;1-5-12(3,4)11(14)15-13(6-2)9-7-8-10-13;;;;;;;;/h12-16H,6-11H2,1-5H3;10-13,15H,4-9H2,1-3H3;11,18-19H,4-10H2,1-3H3;5-10H2,1-4H3;8*1H4. The number of hydrogen-bond acceptors (Lipinski definition) is 14. The van der Waals surface area contributed by atoms with Crippen molar-refractivity contribution in [3.63, 3.8) is 0 Å². The van der Waals surface area contributed by atoms with Crippen LogP contribution >= 0.6 is 0 Å². The number of carbonyl (C=O) groups excluding carboxylic acids is 6. The Balaban J connectivity index is 0. The molecule has 14 heteroatoms. The molecule has 7 atom stereocenters. The molecular weight excluding hydrogens is 1110 g/mol. The third-order valence-electron chi connectivity index (χ3n) is 22.5. The summed E-state index contributed by atoms with van der Waals surface area (Å²) in [6, 6.07) is 0. The van der Waals surface area contributed by atoms with Crippen LogP contribution in [0, 0.1) is 74.9 Å². The van der Waals surface area contributed by atoms with Crippen molar-refractivity contribution in [2.45, 2.75) is 358 Å². The van der Waals surface area contributed by atoms with E-state index in [1.807, 2.05) is 62.3 Å². The van der Waals surface area contributed by atoms with Crippen molar-refractivity contribution >= 4 is 35.8 Å². The molecule has 520 valence electrons. The third-order valence-corrected chi connectivity index (χ3v) is 22.5. The molecule has 2 heterocycles. The molecule has 0 aromatic heterocycles. The fourth-order valence-corrected chi connectivity index (χ4v) is 16.5. The number of rotatable bonds is 16. The molecule has 13 fully saturated rings. The van der Waals surface area contributed by atoms with Gasteiger partial charge in [-0.15, -0.1) is 0 Å². The van der Waals surface area contributed by atoms with E-state index in [0.717, 1.165) is 95.3 Å². The van der Waals surface area contributed by atoms with Crippen molar-refractivity contribution in [1.29, 1.82) is 0 Å². The van der Waals surface area contributed by atoms with E-state index in [0.29, 0.717) is 49.4 Å². The summed E-state index contributed by atoms with van der Waals surface area (Å²) in [5.41, 5.74) is -4.44. The second-order valence-electron chi connectivity index (χ2n) is 30.6. The van der Waals surface area contributed by atoms with E-state index in [1.165, 1.54) is 44.9 Å². The van der Waals surface area contributed by atoms with E-state index in [1.54, 1.807) is 13.8 Å². The number of fused-ring (bicyclic) bond motifs is 1. The van der Waals surface area contributed by atoms with Crippen LogP contribution in [-0.2, 0) is 57.2 Å². The highest BCUT2D eigenvalue weighted by Crippen LogP contribution is 2.63. The minimum atomic E-state index is -0.842. The molecule has 0 spiro atoms. The predicted octanol–water partition coefficient (Wildman–Crippen LogP) is 18.0. The van der Waals surface area contributed by atoms with Gasteiger partial charge < -0.3 is 38.6 Å². The van der Waals surface area contributed by atoms with Crippen LogP contribution in [0.15, 0.2) is 0 Å². The second-order valence-corrected chi connectivity index (χ2v) is 30.6. The molecule has 0 radical (unpaired) electrons.